The van der Waals surface area contributed by atoms with Gasteiger partial charge in [0, 0.05) is 25.6 Å². The van der Waals surface area contributed by atoms with Crippen LogP contribution in [0.25, 0.3) is 0 Å². The Balaban J connectivity index is 1.56. The van der Waals surface area contributed by atoms with E-state index in [0.717, 1.165) is 37.2 Å². The molecule has 0 radical (unpaired) electrons. The Morgan fingerprint density at radius 3 is 2.67 bits per heavy atom. The number of piperidine rings is 1. The number of anilines is 1. The zero-order chi connectivity index (χ0) is 12.4. The Morgan fingerprint density at radius 2 is 2.06 bits per heavy atom. The highest BCUT2D eigenvalue weighted by Crippen LogP contribution is 2.29. The summed E-state index contributed by atoms with van der Waals surface area (Å²) in [7, 11) is 2.05. The highest BCUT2D eigenvalue weighted by atomic mass is 15.4. The number of H-pyrrole nitrogens is 1. The van der Waals surface area contributed by atoms with Crippen molar-refractivity contribution in [2.24, 2.45) is 5.92 Å². The smallest absolute Gasteiger partial charge is 0.244 e. The molecule has 0 aromatic carbocycles. The third-order valence-electron chi connectivity index (χ3n) is 4.41. The molecule has 1 saturated carbocycles. The predicted molar refractivity (Wildman–Crippen MR) is 71.7 cm³/mol. The van der Waals surface area contributed by atoms with Crippen molar-refractivity contribution in [1.82, 2.24) is 20.5 Å². The van der Waals surface area contributed by atoms with Crippen LogP contribution in [0.5, 0.6) is 0 Å². The lowest BCUT2D eigenvalue weighted by atomic mass is 9.83. The molecule has 0 bridgehead atoms. The number of rotatable bonds is 4. The van der Waals surface area contributed by atoms with Gasteiger partial charge in [-0.2, -0.15) is 4.98 Å². The molecule has 1 aliphatic carbocycles. The van der Waals surface area contributed by atoms with Crippen LogP contribution in [-0.2, 0) is 6.42 Å². The molecule has 2 fully saturated rings. The minimum atomic E-state index is 0.662. The molecule has 2 aliphatic rings. The average Bonchev–Trinajstić information content (AvgIpc) is 2.83. The molecule has 2 N–H and O–H groups in total. The van der Waals surface area contributed by atoms with Crippen molar-refractivity contribution in [1.29, 1.82) is 0 Å². The van der Waals surface area contributed by atoms with E-state index in [-0.39, 0.29) is 0 Å². The average molecular weight is 249 g/mol. The lowest BCUT2D eigenvalue weighted by molar-refractivity contribution is 0.309. The molecule has 3 rings (SSSR count). The van der Waals surface area contributed by atoms with Gasteiger partial charge in [0.2, 0.25) is 5.95 Å². The van der Waals surface area contributed by atoms with Gasteiger partial charge < -0.3 is 10.2 Å². The molecule has 1 saturated heterocycles. The Hall–Kier alpha value is -1.10. The van der Waals surface area contributed by atoms with Crippen molar-refractivity contribution in [3.8, 4) is 0 Å². The summed E-state index contributed by atoms with van der Waals surface area (Å²) in [6.07, 6.45) is 7.57. The molecule has 1 aromatic rings. The van der Waals surface area contributed by atoms with Gasteiger partial charge in [-0.05, 0) is 25.8 Å². The minimum absolute atomic E-state index is 0.662. The fourth-order valence-electron chi connectivity index (χ4n) is 2.86. The van der Waals surface area contributed by atoms with E-state index in [1.54, 1.807) is 0 Å². The van der Waals surface area contributed by atoms with Crippen molar-refractivity contribution in [2.45, 2.75) is 44.6 Å². The van der Waals surface area contributed by atoms with E-state index in [1.165, 1.54) is 32.1 Å². The molecule has 0 unspecified atom stereocenters. The summed E-state index contributed by atoms with van der Waals surface area (Å²) in [5.41, 5.74) is 0. The lowest BCUT2D eigenvalue weighted by Crippen LogP contribution is -2.41. The van der Waals surface area contributed by atoms with Crippen molar-refractivity contribution in [2.75, 3.05) is 25.0 Å². The van der Waals surface area contributed by atoms with E-state index in [9.17, 15) is 0 Å². The summed E-state index contributed by atoms with van der Waals surface area (Å²) in [4.78, 5) is 6.95. The lowest BCUT2D eigenvalue weighted by Gasteiger charge is -2.30. The molecular weight excluding hydrogens is 226 g/mol. The van der Waals surface area contributed by atoms with Crippen LogP contribution >= 0.6 is 0 Å². The number of nitrogens with one attached hydrogen (secondary N) is 2. The first-order chi connectivity index (χ1) is 8.85. The number of aromatic nitrogens is 3. The third kappa shape index (κ3) is 2.51. The van der Waals surface area contributed by atoms with E-state index >= 15 is 0 Å². The van der Waals surface area contributed by atoms with Gasteiger partial charge >= 0.3 is 0 Å². The van der Waals surface area contributed by atoms with Crippen molar-refractivity contribution in [3.05, 3.63) is 5.82 Å². The van der Waals surface area contributed by atoms with E-state index in [1.807, 2.05) is 7.05 Å². The first-order valence-corrected chi connectivity index (χ1v) is 7.18. The highest BCUT2D eigenvalue weighted by Gasteiger charge is 2.23. The standard InChI is InChI=1S/C13H23N5/c1-14-11-5-7-18(8-6-11)13-15-12(16-17-13)9-10-3-2-4-10/h10-11,14H,2-9H2,1H3,(H,15,16,17). The second-order valence-corrected chi connectivity index (χ2v) is 5.63. The predicted octanol–water partition coefficient (Wildman–Crippen LogP) is 1.34. The topological polar surface area (TPSA) is 56.8 Å². The maximum atomic E-state index is 4.65. The molecule has 1 aliphatic heterocycles. The van der Waals surface area contributed by atoms with Crippen molar-refractivity contribution >= 4 is 5.95 Å². The zero-order valence-electron chi connectivity index (χ0n) is 11.2. The van der Waals surface area contributed by atoms with E-state index < -0.39 is 0 Å². The molecule has 1 aromatic heterocycles. The van der Waals surface area contributed by atoms with Crippen LogP contribution in [0.1, 0.15) is 37.9 Å². The van der Waals surface area contributed by atoms with Gasteiger partial charge in [-0.15, -0.1) is 5.10 Å². The summed E-state index contributed by atoms with van der Waals surface area (Å²) in [6.45, 7) is 2.12. The largest absolute Gasteiger partial charge is 0.339 e. The van der Waals surface area contributed by atoms with Crippen LogP contribution in [0.4, 0.5) is 5.95 Å². The van der Waals surface area contributed by atoms with Gasteiger partial charge in [0.15, 0.2) is 0 Å². The second kappa shape index (κ2) is 5.26. The molecule has 0 amide bonds. The van der Waals surface area contributed by atoms with Crippen LogP contribution in [0.3, 0.4) is 0 Å². The first kappa shape index (κ1) is 12.0. The van der Waals surface area contributed by atoms with Gasteiger partial charge in [0.05, 0.1) is 0 Å². The fourth-order valence-corrected chi connectivity index (χ4v) is 2.86. The molecule has 2 heterocycles. The van der Waals surface area contributed by atoms with E-state index in [4.69, 9.17) is 0 Å². The minimum Gasteiger partial charge on any atom is -0.339 e. The summed E-state index contributed by atoms with van der Waals surface area (Å²) in [5, 5.41) is 10.8. The van der Waals surface area contributed by atoms with Gasteiger partial charge in [-0.3, -0.25) is 5.10 Å². The maximum Gasteiger partial charge on any atom is 0.244 e. The van der Waals surface area contributed by atoms with Crippen molar-refractivity contribution in [3.63, 3.8) is 0 Å². The number of nitrogens with zero attached hydrogens (tertiary/aromatic N) is 3. The van der Waals surface area contributed by atoms with Gasteiger partial charge in [0.1, 0.15) is 5.82 Å². The highest BCUT2D eigenvalue weighted by molar-refractivity contribution is 5.29. The number of aromatic amines is 1. The molecule has 5 heteroatoms. The van der Waals surface area contributed by atoms with Crippen LogP contribution in [0.15, 0.2) is 0 Å². The Bertz CT molecular complexity index is 376. The summed E-state index contributed by atoms with van der Waals surface area (Å²) >= 11 is 0. The molecule has 0 atom stereocenters. The number of hydrogen-bond acceptors (Lipinski definition) is 4. The third-order valence-corrected chi connectivity index (χ3v) is 4.41. The molecule has 5 nitrogen and oxygen atoms in total. The SMILES string of the molecule is CNC1CCN(c2n[nH]c(CC3CCC3)n2)CC1. The summed E-state index contributed by atoms with van der Waals surface area (Å²) in [5.74, 6) is 2.82. The van der Waals surface area contributed by atoms with Crippen LogP contribution < -0.4 is 10.2 Å². The van der Waals surface area contributed by atoms with Crippen LogP contribution in [0.2, 0.25) is 0 Å². The first-order valence-electron chi connectivity index (χ1n) is 7.18. The van der Waals surface area contributed by atoms with Gasteiger partial charge in [-0.25, -0.2) is 0 Å². The maximum absolute atomic E-state index is 4.65. The second-order valence-electron chi connectivity index (χ2n) is 5.63. The van der Waals surface area contributed by atoms with Crippen LogP contribution in [-0.4, -0.2) is 41.4 Å². The van der Waals surface area contributed by atoms with Crippen LogP contribution in [0, 0.1) is 5.92 Å². The molecular formula is C13H23N5. The summed E-state index contributed by atoms with van der Waals surface area (Å²) < 4.78 is 0. The molecule has 0 spiro atoms. The Morgan fingerprint density at radius 1 is 1.28 bits per heavy atom. The van der Waals surface area contributed by atoms with E-state index in [0.29, 0.717) is 6.04 Å². The quantitative estimate of drug-likeness (QED) is 0.845. The Kier molecular flexibility index (Phi) is 3.50. The monoisotopic (exact) mass is 249 g/mol. The van der Waals surface area contributed by atoms with E-state index in [2.05, 4.69) is 25.4 Å². The summed E-state index contributed by atoms with van der Waals surface area (Å²) in [6, 6.07) is 0.662. The molecule has 100 valence electrons. The van der Waals surface area contributed by atoms with Crippen molar-refractivity contribution < 1.29 is 0 Å². The fraction of sp³-hybridized carbons (Fsp3) is 0.846. The molecule has 18 heavy (non-hydrogen) atoms. The zero-order valence-corrected chi connectivity index (χ0v) is 11.2. The van der Waals surface area contributed by atoms with Gasteiger partial charge in [0.25, 0.3) is 0 Å². The van der Waals surface area contributed by atoms with Gasteiger partial charge in [-0.1, -0.05) is 19.3 Å². The normalized spacial score (nSPS) is 22.2. The Labute approximate surface area is 108 Å². The number of hydrogen-bond donors (Lipinski definition) is 2.